The number of furan rings is 1. The molecule has 0 aliphatic heterocycles. The Hall–Kier alpha value is -1.36. The summed E-state index contributed by atoms with van der Waals surface area (Å²) in [6.45, 7) is 3.95. The second kappa shape index (κ2) is 3.79. The summed E-state index contributed by atoms with van der Waals surface area (Å²) in [4.78, 5) is 0. The van der Waals surface area contributed by atoms with Gasteiger partial charge in [-0.3, -0.25) is 0 Å². The van der Waals surface area contributed by atoms with Crippen molar-refractivity contribution in [1.82, 2.24) is 10.2 Å². The minimum absolute atomic E-state index is 0.123. The zero-order valence-corrected chi connectivity index (χ0v) is 8.84. The maximum absolute atomic E-state index is 5.27. The van der Waals surface area contributed by atoms with Gasteiger partial charge in [0, 0.05) is 0 Å². The van der Waals surface area contributed by atoms with Gasteiger partial charge < -0.3 is 9.73 Å². The monoisotopic (exact) mass is 209 g/mol. The first-order valence-electron chi connectivity index (χ1n) is 4.36. The maximum Gasteiger partial charge on any atom is 0.206 e. The lowest BCUT2D eigenvalue weighted by Gasteiger charge is -2.08. The molecule has 0 saturated heterocycles. The van der Waals surface area contributed by atoms with E-state index in [-0.39, 0.29) is 6.04 Å². The van der Waals surface area contributed by atoms with Crippen LogP contribution in [0.1, 0.15) is 23.7 Å². The Labute approximate surface area is 86.0 Å². The van der Waals surface area contributed by atoms with Gasteiger partial charge >= 0.3 is 0 Å². The predicted octanol–water partition coefficient (Wildman–Crippen LogP) is 2.61. The van der Waals surface area contributed by atoms with E-state index >= 15 is 0 Å². The van der Waals surface area contributed by atoms with Crippen LogP contribution in [0.3, 0.4) is 0 Å². The second-order valence-electron chi connectivity index (χ2n) is 3.01. The van der Waals surface area contributed by atoms with Crippen molar-refractivity contribution in [2.75, 3.05) is 5.32 Å². The molecule has 0 aliphatic carbocycles. The molecule has 0 aromatic carbocycles. The van der Waals surface area contributed by atoms with Gasteiger partial charge in [-0.1, -0.05) is 11.3 Å². The molecule has 4 nitrogen and oxygen atoms in total. The van der Waals surface area contributed by atoms with Crippen LogP contribution in [0.4, 0.5) is 5.13 Å². The first-order valence-corrected chi connectivity index (χ1v) is 5.17. The summed E-state index contributed by atoms with van der Waals surface area (Å²) in [5.41, 5.74) is 0. The lowest BCUT2D eigenvalue weighted by molar-refractivity contribution is 0.490. The summed E-state index contributed by atoms with van der Waals surface area (Å²) < 4.78 is 5.27. The van der Waals surface area contributed by atoms with Gasteiger partial charge in [0.1, 0.15) is 10.8 Å². The molecule has 1 unspecified atom stereocenters. The fraction of sp³-hybridized carbons (Fsp3) is 0.333. The molecule has 0 saturated carbocycles. The van der Waals surface area contributed by atoms with Crippen molar-refractivity contribution in [3.63, 3.8) is 0 Å². The van der Waals surface area contributed by atoms with E-state index in [0.717, 1.165) is 15.9 Å². The van der Waals surface area contributed by atoms with E-state index in [9.17, 15) is 0 Å². The van der Waals surface area contributed by atoms with Crippen LogP contribution in [-0.2, 0) is 0 Å². The molecule has 0 fully saturated rings. The van der Waals surface area contributed by atoms with Crippen molar-refractivity contribution < 1.29 is 4.42 Å². The SMILES string of the molecule is Cc1nnc(NC(C)c2ccco2)s1. The van der Waals surface area contributed by atoms with Crippen LogP contribution < -0.4 is 5.32 Å². The number of anilines is 1. The van der Waals surface area contributed by atoms with Crippen LogP contribution in [0.15, 0.2) is 22.8 Å². The van der Waals surface area contributed by atoms with E-state index in [1.54, 1.807) is 6.26 Å². The Kier molecular flexibility index (Phi) is 2.49. The van der Waals surface area contributed by atoms with Crippen molar-refractivity contribution in [1.29, 1.82) is 0 Å². The molecule has 2 aromatic heterocycles. The summed E-state index contributed by atoms with van der Waals surface area (Å²) in [5.74, 6) is 0.901. The Bertz CT molecular complexity index is 396. The molecule has 0 amide bonds. The minimum Gasteiger partial charge on any atom is -0.467 e. The highest BCUT2D eigenvalue weighted by atomic mass is 32.1. The lowest BCUT2D eigenvalue weighted by atomic mass is 10.3. The van der Waals surface area contributed by atoms with E-state index in [1.165, 1.54) is 11.3 Å². The molecule has 5 heteroatoms. The maximum atomic E-state index is 5.27. The van der Waals surface area contributed by atoms with Gasteiger partial charge in [0.05, 0.1) is 12.3 Å². The zero-order valence-electron chi connectivity index (χ0n) is 8.02. The molecule has 0 radical (unpaired) electrons. The molecule has 2 aromatic rings. The quantitative estimate of drug-likeness (QED) is 0.844. The van der Waals surface area contributed by atoms with Crippen LogP contribution in [0, 0.1) is 6.92 Å². The summed E-state index contributed by atoms with van der Waals surface area (Å²) in [5, 5.41) is 12.9. The van der Waals surface area contributed by atoms with Gasteiger partial charge in [0.25, 0.3) is 0 Å². The molecule has 2 rings (SSSR count). The van der Waals surface area contributed by atoms with Crippen LogP contribution >= 0.6 is 11.3 Å². The third-order valence-electron chi connectivity index (χ3n) is 1.84. The summed E-state index contributed by atoms with van der Waals surface area (Å²) in [7, 11) is 0. The largest absolute Gasteiger partial charge is 0.467 e. The first-order chi connectivity index (χ1) is 6.75. The van der Waals surface area contributed by atoms with Gasteiger partial charge in [0.2, 0.25) is 5.13 Å². The Morgan fingerprint density at radius 1 is 1.50 bits per heavy atom. The zero-order chi connectivity index (χ0) is 9.97. The van der Waals surface area contributed by atoms with Gasteiger partial charge in [-0.05, 0) is 26.0 Å². The van der Waals surface area contributed by atoms with Gasteiger partial charge in [0.15, 0.2) is 0 Å². The van der Waals surface area contributed by atoms with E-state index in [1.807, 2.05) is 26.0 Å². The third kappa shape index (κ3) is 1.93. The number of hydrogen-bond acceptors (Lipinski definition) is 5. The van der Waals surface area contributed by atoms with Gasteiger partial charge in [-0.25, -0.2) is 0 Å². The molecule has 0 aliphatic rings. The van der Waals surface area contributed by atoms with Crippen molar-refractivity contribution in [2.24, 2.45) is 0 Å². The summed E-state index contributed by atoms with van der Waals surface area (Å²) in [6.07, 6.45) is 1.67. The highest BCUT2D eigenvalue weighted by molar-refractivity contribution is 7.15. The predicted molar refractivity (Wildman–Crippen MR) is 55.4 cm³/mol. The molecule has 1 atom stereocenters. The highest BCUT2D eigenvalue weighted by Crippen LogP contribution is 2.21. The third-order valence-corrected chi connectivity index (χ3v) is 2.61. The minimum atomic E-state index is 0.123. The van der Waals surface area contributed by atoms with Crippen LogP contribution in [0.5, 0.6) is 0 Å². The fourth-order valence-corrected chi connectivity index (χ4v) is 1.83. The molecular formula is C9H11N3OS. The second-order valence-corrected chi connectivity index (χ2v) is 4.19. The highest BCUT2D eigenvalue weighted by Gasteiger charge is 2.09. The van der Waals surface area contributed by atoms with E-state index < -0.39 is 0 Å². The van der Waals surface area contributed by atoms with E-state index in [4.69, 9.17) is 4.42 Å². The smallest absolute Gasteiger partial charge is 0.206 e. The number of nitrogens with zero attached hydrogens (tertiary/aromatic N) is 2. The van der Waals surface area contributed by atoms with Crippen molar-refractivity contribution in [3.8, 4) is 0 Å². The topological polar surface area (TPSA) is 51.0 Å². The van der Waals surface area contributed by atoms with Crippen molar-refractivity contribution in [2.45, 2.75) is 19.9 Å². The number of nitrogens with one attached hydrogen (secondary N) is 1. The molecule has 74 valence electrons. The number of rotatable bonds is 3. The van der Waals surface area contributed by atoms with E-state index in [0.29, 0.717) is 0 Å². The normalized spacial score (nSPS) is 12.7. The number of aryl methyl sites for hydroxylation is 1. The standard InChI is InChI=1S/C9H11N3OS/c1-6(8-4-3-5-13-8)10-9-12-11-7(2)14-9/h3-6H,1-2H3,(H,10,12). The average Bonchev–Trinajstić information content (AvgIpc) is 2.75. The van der Waals surface area contributed by atoms with Crippen molar-refractivity contribution >= 4 is 16.5 Å². The van der Waals surface area contributed by atoms with Crippen molar-refractivity contribution in [3.05, 3.63) is 29.2 Å². The summed E-state index contributed by atoms with van der Waals surface area (Å²) in [6, 6.07) is 3.93. The molecule has 2 heterocycles. The fourth-order valence-electron chi connectivity index (χ4n) is 1.15. The van der Waals surface area contributed by atoms with E-state index in [2.05, 4.69) is 15.5 Å². The van der Waals surface area contributed by atoms with Crippen LogP contribution in [-0.4, -0.2) is 10.2 Å². The molecule has 14 heavy (non-hydrogen) atoms. The number of aromatic nitrogens is 2. The average molecular weight is 209 g/mol. The molecule has 1 N–H and O–H groups in total. The first kappa shape index (κ1) is 9.21. The van der Waals surface area contributed by atoms with Gasteiger partial charge in [-0.2, -0.15) is 0 Å². The molecule has 0 bridgehead atoms. The lowest BCUT2D eigenvalue weighted by Crippen LogP contribution is -2.04. The van der Waals surface area contributed by atoms with Crippen LogP contribution in [0.25, 0.3) is 0 Å². The molecular weight excluding hydrogens is 198 g/mol. The Morgan fingerprint density at radius 2 is 2.36 bits per heavy atom. The number of hydrogen-bond donors (Lipinski definition) is 1. The van der Waals surface area contributed by atoms with Crippen LogP contribution in [0.2, 0.25) is 0 Å². The molecule has 0 spiro atoms. The summed E-state index contributed by atoms with van der Waals surface area (Å²) >= 11 is 1.54. The Balaban J connectivity index is 2.05. The van der Waals surface area contributed by atoms with Gasteiger partial charge in [-0.15, -0.1) is 10.2 Å². The Morgan fingerprint density at radius 3 is 2.93 bits per heavy atom.